The first-order valence-corrected chi connectivity index (χ1v) is 19.6. The highest BCUT2D eigenvalue weighted by Gasteiger charge is 2.54. The largest absolute Gasteiger partial charge is 0.463 e. The number of aliphatic imine (C=N–C) groups is 1. The van der Waals surface area contributed by atoms with E-state index in [4.69, 9.17) is 95.0 Å². The second kappa shape index (κ2) is 27.9. The van der Waals surface area contributed by atoms with Gasteiger partial charge in [0.25, 0.3) is 0 Å². The van der Waals surface area contributed by atoms with Gasteiger partial charge in [0.05, 0.1) is 11.7 Å². The van der Waals surface area contributed by atoms with Crippen molar-refractivity contribution in [3.05, 3.63) is 0 Å². The molecule has 4 N–H and O–H groups in total. The Morgan fingerprint density at radius 1 is 0.547 bits per heavy atom. The number of nitrogens with zero attached hydrogens (tertiary/aromatic N) is 2. The molecule has 2 saturated heterocycles. The summed E-state index contributed by atoms with van der Waals surface area (Å²) in [7, 11) is 0. The molecule has 0 radical (unpaired) electrons. The fourth-order valence-corrected chi connectivity index (χ4v) is 6.52. The highest BCUT2D eigenvalue weighted by molar-refractivity contribution is 7.80. The summed E-state index contributed by atoms with van der Waals surface area (Å²) in [6.45, 7) is -7.55. The Morgan fingerprint density at radius 2 is 0.891 bits per heavy atom. The van der Waals surface area contributed by atoms with Crippen molar-refractivity contribution in [3.8, 4) is 0 Å². The van der Waals surface area contributed by atoms with Gasteiger partial charge in [-0.05, 0) is 36.7 Å². The van der Waals surface area contributed by atoms with E-state index in [1.54, 1.807) is 0 Å². The Morgan fingerprint density at radius 3 is 1.23 bits per heavy atom. The van der Waals surface area contributed by atoms with E-state index < -0.39 is 177 Å². The number of nitrogens with one attached hydrogen (secondary N) is 4. The van der Waals surface area contributed by atoms with Crippen molar-refractivity contribution in [2.24, 2.45) is 4.99 Å². The van der Waals surface area contributed by atoms with Crippen LogP contribution in [0.1, 0.15) is 66.2 Å². The third-order valence-electron chi connectivity index (χ3n) is 8.26. The smallest absolute Gasteiger partial charge is 0.303 e. The summed E-state index contributed by atoms with van der Waals surface area (Å²) in [6, 6.07) is 0. The topological polar surface area (TPSA) is 293 Å². The number of thiocarbonyl (C=S) groups is 3. The van der Waals surface area contributed by atoms with Gasteiger partial charge in [-0.15, -0.1) is 0 Å². The molecule has 2 unspecified atom stereocenters. The molecule has 0 aromatic heterocycles. The summed E-state index contributed by atoms with van der Waals surface area (Å²) < 4.78 is 113. The first kappa shape index (κ1) is 42.8. The van der Waals surface area contributed by atoms with Crippen molar-refractivity contribution < 1.29 is 96.7 Å². The number of ether oxygens (including phenoxy) is 10. The molecule has 2 fully saturated rings. The summed E-state index contributed by atoms with van der Waals surface area (Å²) in [5.74, 6) is -8.98. The molecule has 0 aromatic rings. The van der Waals surface area contributed by atoms with Crippen molar-refractivity contribution in [3.63, 3.8) is 0 Å². The number of carbonyl (C=O) groups excluding carboxylic acids is 8. The Bertz CT molecular complexity index is 1800. The van der Waals surface area contributed by atoms with Crippen molar-refractivity contribution >= 4 is 99.8 Å². The molecule has 358 valence electrons. The first-order chi connectivity index (χ1) is 34.4. The summed E-state index contributed by atoms with van der Waals surface area (Å²) in [4.78, 5) is 104. The summed E-state index contributed by atoms with van der Waals surface area (Å²) in [6.07, 6.45) is -16.5. The Hall–Kier alpha value is -5.18. The van der Waals surface area contributed by atoms with E-state index in [1.165, 1.54) is 0 Å². The van der Waals surface area contributed by atoms with E-state index in [0.717, 1.165) is 0 Å². The number of rotatable bonds is 21. The molecule has 27 heteroatoms. The van der Waals surface area contributed by atoms with E-state index >= 15 is 0 Å². The lowest BCUT2D eigenvalue weighted by Gasteiger charge is -2.44. The zero-order valence-corrected chi connectivity index (χ0v) is 36.5. The lowest BCUT2D eigenvalue weighted by molar-refractivity contribution is -0.255. The van der Waals surface area contributed by atoms with Crippen LogP contribution in [0.5, 0.6) is 0 Å². The van der Waals surface area contributed by atoms with Crippen LogP contribution in [0.3, 0.4) is 0 Å². The van der Waals surface area contributed by atoms with Crippen LogP contribution in [-0.2, 0) is 85.7 Å². The van der Waals surface area contributed by atoms with Crippen LogP contribution in [0.2, 0.25) is 0 Å². The van der Waals surface area contributed by atoms with Crippen molar-refractivity contribution in [2.45, 2.75) is 116 Å². The Labute approximate surface area is 395 Å². The first-order valence-electron chi connectivity index (χ1n) is 24.1. The van der Waals surface area contributed by atoms with Gasteiger partial charge in [0, 0.05) is 98.9 Å². The lowest BCUT2D eigenvalue weighted by Crippen LogP contribution is -2.67. The third kappa shape index (κ3) is 20.1. The normalized spacial score (nSPS) is 26.4. The zero-order chi connectivity index (χ0) is 53.8. The van der Waals surface area contributed by atoms with Gasteiger partial charge in [-0.2, -0.15) is 0 Å². The van der Waals surface area contributed by atoms with Gasteiger partial charge in [0.15, 0.2) is 59.3 Å². The van der Waals surface area contributed by atoms with Crippen LogP contribution >= 0.6 is 36.7 Å². The Kier molecular flexibility index (Phi) is 18.6. The molecule has 2 aliphatic heterocycles. The third-order valence-corrected chi connectivity index (χ3v) is 8.91. The van der Waals surface area contributed by atoms with E-state index in [1.807, 2.05) is 4.90 Å². The number of esters is 8. The van der Waals surface area contributed by atoms with Crippen LogP contribution in [0.15, 0.2) is 4.99 Å². The molecule has 2 rings (SSSR count). The molecule has 0 saturated carbocycles. The number of hydrogen-bond acceptors (Lipinski definition) is 23. The minimum Gasteiger partial charge on any atom is -0.463 e. The molecule has 2 heterocycles. The van der Waals surface area contributed by atoms with Crippen LogP contribution in [0.4, 0.5) is 0 Å². The molecule has 64 heavy (non-hydrogen) atoms. The summed E-state index contributed by atoms with van der Waals surface area (Å²) in [5, 5.41) is 13.2. The van der Waals surface area contributed by atoms with Gasteiger partial charge in [-0.25, -0.2) is 4.99 Å². The minimum absolute atomic E-state index is 0.0702. The van der Waals surface area contributed by atoms with Crippen molar-refractivity contribution in [1.29, 1.82) is 0 Å². The lowest BCUT2D eigenvalue weighted by atomic mass is 9.97. The van der Waals surface area contributed by atoms with E-state index in [2.05, 4.69) is 31.4 Å². The van der Waals surface area contributed by atoms with Crippen LogP contribution < -0.4 is 21.3 Å². The molecular weight excluding hydrogens is 913 g/mol. The second-order valence-corrected chi connectivity index (χ2v) is 13.9. The average molecular weight is 975 g/mol. The van der Waals surface area contributed by atoms with Gasteiger partial charge >= 0.3 is 47.8 Å². The molecule has 0 aromatic carbocycles. The van der Waals surface area contributed by atoms with Crippen molar-refractivity contribution in [2.75, 3.05) is 52.5 Å². The highest BCUT2D eigenvalue weighted by Crippen LogP contribution is 2.30. The maximum Gasteiger partial charge on any atom is 0.303 e. The summed E-state index contributed by atoms with van der Waals surface area (Å²) >= 11 is 15.7. The molecule has 0 bridgehead atoms. The molecular formula is C37H54N6O18S3. The zero-order valence-electron chi connectivity index (χ0n) is 42.1. The fraction of sp³-hybridized carbons (Fsp3) is 0.703. The predicted octanol–water partition coefficient (Wildman–Crippen LogP) is -1.51. The molecule has 0 spiro atoms. The number of isothiocyanates is 1. The average Bonchev–Trinajstić information content (AvgIpc) is 3.37. The van der Waals surface area contributed by atoms with E-state index in [0.29, 0.717) is 0 Å². The van der Waals surface area contributed by atoms with Gasteiger partial charge < -0.3 is 68.6 Å². The quantitative estimate of drug-likeness (QED) is 0.0440. The van der Waals surface area contributed by atoms with Crippen LogP contribution in [0.25, 0.3) is 0 Å². The van der Waals surface area contributed by atoms with E-state index in [9.17, 15) is 38.4 Å². The van der Waals surface area contributed by atoms with Crippen LogP contribution in [-0.4, -0.2) is 182 Å². The number of hydrogen-bond donors (Lipinski definition) is 4. The molecule has 10 atom stereocenters. The van der Waals surface area contributed by atoms with Gasteiger partial charge in [-0.1, -0.05) is 0 Å². The monoisotopic (exact) mass is 974 g/mol. The van der Waals surface area contributed by atoms with Crippen LogP contribution in [0, 0.1) is 0 Å². The summed E-state index contributed by atoms with van der Waals surface area (Å²) in [5.41, 5.74) is 0. The van der Waals surface area contributed by atoms with E-state index in [-0.39, 0.29) is 49.5 Å². The Balaban J connectivity index is 2.30. The number of carbonyl (C=O) groups is 8. The SMILES string of the molecule is [2H]CC(=O)OC[C@H]1OC(NC(=S)NCCN(CCN=C=S)CCNC(=S)NC2O[C@H](COC(=O)C[2H])[C@@H](OC(=O)C[2H])[C@H](OC(=O)C[2H])[C@@H]2OC(=O)C[2H])[C@@H](OC(=O)C[2H])[C@@H](OC(=O)C[2H])[C@@H]1OC(=O)C[2H]. The van der Waals surface area contributed by atoms with Gasteiger partial charge in [0.2, 0.25) is 0 Å². The van der Waals surface area contributed by atoms with Gasteiger partial charge in [0.1, 0.15) is 25.4 Å². The maximum absolute atomic E-state index is 12.5. The molecule has 0 amide bonds. The standard InChI is InChI=1S/C37H54N6O18S3/c1-18(44)52-15-26-28(54-20(3)46)30(56-22(5)48)32(58-24(7)50)34(60-26)41-36(63)39-10-13-43(12-9-38-17-62)14-11-40-37(64)42-35-33(59-25(8)51)31(57-23(6)49)29(55-21(4)47)27(61-35)16-53-19(2)45/h26-35H,9-16H2,1-8H3,(H2,39,41,63)(H2,40,42,64)/t26-,27-,28-,29-,30+,31+,32+,33+,34?,35?/m1/s1/i1D,2D,3D,4D,5D,6D,7D,8D. The van der Waals surface area contributed by atoms with Crippen molar-refractivity contribution in [1.82, 2.24) is 26.2 Å². The molecule has 0 aliphatic carbocycles. The predicted molar refractivity (Wildman–Crippen MR) is 228 cm³/mol. The maximum atomic E-state index is 12.5. The minimum atomic E-state index is -1.76. The molecule has 24 nitrogen and oxygen atoms in total. The fourth-order valence-electron chi connectivity index (χ4n) is 5.99. The highest BCUT2D eigenvalue weighted by atomic mass is 32.1. The second-order valence-electron chi connectivity index (χ2n) is 12.9. The molecule has 2 aliphatic rings. The van der Waals surface area contributed by atoms with Gasteiger partial charge in [-0.3, -0.25) is 43.3 Å².